The zero-order valence-corrected chi connectivity index (χ0v) is 18.4. The summed E-state index contributed by atoms with van der Waals surface area (Å²) in [5.41, 5.74) is 1.91. The summed E-state index contributed by atoms with van der Waals surface area (Å²) in [6.45, 7) is 3.48. The van der Waals surface area contributed by atoms with E-state index < -0.39 is 10.0 Å². The van der Waals surface area contributed by atoms with Crippen molar-refractivity contribution in [2.24, 2.45) is 0 Å². The number of fused-ring (bicyclic) bond motifs is 1. The number of aryl methyl sites for hydroxylation is 1. The second-order valence-corrected chi connectivity index (χ2v) is 9.64. The number of hydrogen-bond acceptors (Lipinski definition) is 4. The molecule has 0 N–H and O–H groups in total. The van der Waals surface area contributed by atoms with Gasteiger partial charge in [0.15, 0.2) is 0 Å². The topological polar surface area (TPSA) is 58.4 Å². The van der Waals surface area contributed by atoms with Crippen LogP contribution in [0.5, 0.6) is 0 Å². The summed E-state index contributed by atoms with van der Waals surface area (Å²) in [4.78, 5) is 6.78. The quantitative estimate of drug-likeness (QED) is 0.564. The molecule has 0 amide bonds. The lowest BCUT2D eigenvalue weighted by molar-refractivity contribution is 0.301. The number of sulfonamides is 1. The van der Waals surface area contributed by atoms with Gasteiger partial charge < -0.3 is 4.57 Å². The fourth-order valence-corrected chi connectivity index (χ4v) is 4.40. The van der Waals surface area contributed by atoms with Crippen LogP contribution in [0.3, 0.4) is 0 Å². The van der Waals surface area contributed by atoms with E-state index in [2.05, 4.69) is 4.98 Å². The molecular weight excluding hydrogens is 415 g/mol. The molecule has 6 nitrogen and oxygen atoms in total. The molecule has 3 aromatic rings. The van der Waals surface area contributed by atoms with Gasteiger partial charge in [0.1, 0.15) is 11.6 Å². The van der Waals surface area contributed by atoms with Gasteiger partial charge in [-0.3, -0.25) is 4.90 Å². The van der Waals surface area contributed by atoms with E-state index in [0.29, 0.717) is 35.7 Å². The summed E-state index contributed by atoms with van der Waals surface area (Å²) in [7, 11) is 1.33. The van der Waals surface area contributed by atoms with Crippen molar-refractivity contribution in [3.8, 4) is 0 Å². The Labute approximate surface area is 175 Å². The standard InChI is InChI=1S/C20H24ClFN4O2S/c1-5-26-19-10-9-14(29(27,28)24(2)3)11-18(19)23-20(26)13-25(4)12-15-16(21)7-6-8-17(15)22/h6-11H,5,12-13H2,1-4H3. The number of rotatable bonds is 7. The number of aromatic nitrogens is 2. The van der Waals surface area contributed by atoms with Crippen molar-refractivity contribution in [2.45, 2.75) is 31.5 Å². The Bertz CT molecular complexity index is 1120. The van der Waals surface area contributed by atoms with Gasteiger partial charge in [0.2, 0.25) is 10.0 Å². The molecule has 0 aliphatic carbocycles. The summed E-state index contributed by atoms with van der Waals surface area (Å²) in [5.74, 6) is 0.434. The average molecular weight is 439 g/mol. The molecular formula is C20H24ClFN4O2S. The maximum absolute atomic E-state index is 14.1. The fraction of sp³-hybridized carbons (Fsp3) is 0.350. The Morgan fingerprint density at radius 3 is 2.48 bits per heavy atom. The van der Waals surface area contributed by atoms with Crippen molar-refractivity contribution in [3.63, 3.8) is 0 Å². The van der Waals surface area contributed by atoms with E-state index in [9.17, 15) is 12.8 Å². The van der Waals surface area contributed by atoms with Crippen LogP contribution >= 0.6 is 11.6 Å². The molecule has 0 fully saturated rings. The summed E-state index contributed by atoms with van der Waals surface area (Å²) in [6.07, 6.45) is 0. The number of nitrogens with zero attached hydrogens (tertiary/aromatic N) is 4. The van der Waals surface area contributed by atoms with Crippen LogP contribution in [0.15, 0.2) is 41.3 Å². The van der Waals surface area contributed by atoms with Gasteiger partial charge in [-0.15, -0.1) is 0 Å². The molecule has 0 saturated heterocycles. The smallest absolute Gasteiger partial charge is 0.242 e. The first-order valence-corrected chi connectivity index (χ1v) is 11.0. The third kappa shape index (κ3) is 4.30. The lowest BCUT2D eigenvalue weighted by Crippen LogP contribution is -2.22. The van der Waals surface area contributed by atoms with Gasteiger partial charge in [0, 0.05) is 37.8 Å². The van der Waals surface area contributed by atoms with Crippen LogP contribution in [-0.4, -0.2) is 48.3 Å². The minimum absolute atomic E-state index is 0.203. The van der Waals surface area contributed by atoms with E-state index in [0.717, 1.165) is 11.3 Å². The van der Waals surface area contributed by atoms with Crippen molar-refractivity contribution < 1.29 is 12.8 Å². The minimum atomic E-state index is -3.53. The third-order valence-corrected chi connectivity index (χ3v) is 6.96. The van der Waals surface area contributed by atoms with Crippen molar-refractivity contribution >= 4 is 32.7 Å². The van der Waals surface area contributed by atoms with Crippen LogP contribution in [0.1, 0.15) is 18.3 Å². The normalized spacial score (nSPS) is 12.4. The molecule has 0 spiro atoms. The lowest BCUT2D eigenvalue weighted by Gasteiger charge is -2.18. The highest BCUT2D eigenvalue weighted by Crippen LogP contribution is 2.24. The number of hydrogen-bond donors (Lipinski definition) is 0. The van der Waals surface area contributed by atoms with Crippen molar-refractivity contribution in [3.05, 3.63) is 58.6 Å². The van der Waals surface area contributed by atoms with E-state index >= 15 is 0 Å². The Morgan fingerprint density at radius 1 is 1.14 bits per heavy atom. The van der Waals surface area contributed by atoms with E-state index in [1.165, 1.54) is 24.5 Å². The fourth-order valence-electron chi connectivity index (χ4n) is 3.25. The maximum atomic E-state index is 14.1. The van der Waals surface area contributed by atoms with Crippen LogP contribution < -0.4 is 0 Å². The second kappa shape index (κ2) is 8.39. The first-order valence-electron chi connectivity index (χ1n) is 9.18. The molecule has 0 saturated carbocycles. The Kier molecular flexibility index (Phi) is 6.28. The van der Waals surface area contributed by atoms with Crippen LogP contribution in [0.4, 0.5) is 4.39 Å². The highest BCUT2D eigenvalue weighted by molar-refractivity contribution is 7.89. The van der Waals surface area contributed by atoms with Crippen molar-refractivity contribution in [1.82, 2.24) is 18.8 Å². The Balaban J connectivity index is 1.93. The molecule has 0 aliphatic heterocycles. The zero-order chi connectivity index (χ0) is 21.3. The summed E-state index contributed by atoms with van der Waals surface area (Å²) in [5, 5.41) is 0.388. The van der Waals surface area contributed by atoms with Gasteiger partial charge in [-0.25, -0.2) is 22.1 Å². The van der Waals surface area contributed by atoms with Gasteiger partial charge in [-0.2, -0.15) is 0 Å². The summed E-state index contributed by atoms with van der Waals surface area (Å²) in [6, 6.07) is 9.60. The molecule has 1 aromatic heterocycles. The van der Waals surface area contributed by atoms with Crippen molar-refractivity contribution in [2.75, 3.05) is 21.1 Å². The highest BCUT2D eigenvalue weighted by atomic mass is 35.5. The second-order valence-electron chi connectivity index (χ2n) is 7.08. The SMILES string of the molecule is CCn1c(CN(C)Cc2c(F)cccc2Cl)nc2cc(S(=O)(=O)N(C)C)ccc21. The van der Waals surface area contributed by atoms with Gasteiger partial charge in [-0.05, 0) is 44.3 Å². The van der Waals surface area contributed by atoms with Gasteiger partial charge in [0.05, 0.1) is 22.5 Å². The number of imidazole rings is 1. The van der Waals surface area contributed by atoms with Gasteiger partial charge in [0.25, 0.3) is 0 Å². The molecule has 9 heteroatoms. The Hall–Kier alpha value is -2.00. The molecule has 1 heterocycles. The number of halogens is 2. The Morgan fingerprint density at radius 2 is 1.86 bits per heavy atom. The largest absolute Gasteiger partial charge is 0.327 e. The van der Waals surface area contributed by atoms with Gasteiger partial charge in [-0.1, -0.05) is 17.7 Å². The van der Waals surface area contributed by atoms with Crippen molar-refractivity contribution in [1.29, 1.82) is 0 Å². The van der Waals surface area contributed by atoms with Crippen LogP contribution in [0.25, 0.3) is 11.0 Å². The molecule has 0 unspecified atom stereocenters. The molecule has 156 valence electrons. The predicted octanol–water partition coefficient (Wildman–Crippen LogP) is 3.73. The maximum Gasteiger partial charge on any atom is 0.242 e. The first-order chi connectivity index (χ1) is 13.6. The molecule has 0 bridgehead atoms. The molecule has 3 rings (SSSR count). The lowest BCUT2D eigenvalue weighted by atomic mass is 10.2. The molecule has 29 heavy (non-hydrogen) atoms. The van der Waals surface area contributed by atoms with E-state index in [1.54, 1.807) is 30.3 Å². The van der Waals surface area contributed by atoms with Crippen LogP contribution in [0, 0.1) is 5.82 Å². The summed E-state index contributed by atoms with van der Waals surface area (Å²) < 4.78 is 42.1. The van der Waals surface area contributed by atoms with Crippen LogP contribution in [0.2, 0.25) is 5.02 Å². The van der Waals surface area contributed by atoms with E-state index in [-0.39, 0.29) is 10.7 Å². The predicted molar refractivity (Wildman–Crippen MR) is 113 cm³/mol. The average Bonchev–Trinajstić information content (AvgIpc) is 3.00. The van der Waals surface area contributed by atoms with E-state index in [1.807, 2.05) is 23.4 Å². The first kappa shape index (κ1) is 21.7. The van der Waals surface area contributed by atoms with E-state index in [4.69, 9.17) is 11.6 Å². The van der Waals surface area contributed by atoms with Crippen LogP contribution in [-0.2, 0) is 29.7 Å². The molecule has 0 aliphatic rings. The molecule has 2 aromatic carbocycles. The number of benzene rings is 2. The third-order valence-electron chi connectivity index (χ3n) is 4.79. The van der Waals surface area contributed by atoms with Gasteiger partial charge >= 0.3 is 0 Å². The minimum Gasteiger partial charge on any atom is -0.327 e. The summed E-state index contributed by atoms with van der Waals surface area (Å²) >= 11 is 6.14. The molecule has 0 atom stereocenters. The highest BCUT2D eigenvalue weighted by Gasteiger charge is 2.20. The zero-order valence-electron chi connectivity index (χ0n) is 16.9. The molecule has 0 radical (unpaired) electrons. The monoisotopic (exact) mass is 438 g/mol.